The molecule has 0 amide bonds. The van der Waals surface area contributed by atoms with Gasteiger partial charge in [0.15, 0.2) is 0 Å². The monoisotopic (exact) mass is 603 g/mol. The fourth-order valence-electron chi connectivity index (χ4n) is 7.71. The first-order chi connectivity index (χ1) is 23.1. The van der Waals surface area contributed by atoms with Crippen molar-refractivity contribution in [2.45, 2.75) is 19.3 Å². The zero-order chi connectivity index (χ0) is 31.5. The van der Waals surface area contributed by atoms with Gasteiger partial charge in [0.2, 0.25) is 0 Å². The van der Waals surface area contributed by atoms with Crippen molar-refractivity contribution >= 4 is 38.8 Å². The van der Waals surface area contributed by atoms with Crippen LogP contribution in [0.25, 0.3) is 55.3 Å². The van der Waals surface area contributed by atoms with Gasteiger partial charge in [0.1, 0.15) is 11.3 Å². The summed E-state index contributed by atoms with van der Waals surface area (Å²) in [4.78, 5) is 2.40. The average molecular weight is 604 g/mol. The Kier molecular flexibility index (Phi) is 6.20. The number of hydrogen-bond acceptors (Lipinski definition) is 2. The molecule has 0 aliphatic heterocycles. The molecule has 9 rings (SSSR count). The molecular weight excluding hydrogens is 571 g/mol. The van der Waals surface area contributed by atoms with Crippen LogP contribution in [0.2, 0.25) is 0 Å². The minimum atomic E-state index is -0.216. The normalized spacial score (nSPS) is 13.1. The van der Waals surface area contributed by atoms with Crippen LogP contribution in [0.1, 0.15) is 25.0 Å². The molecule has 1 heterocycles. The van der Waals surface area contributed by atoms with E-state index in [9.17, 15) is 0 Å². The molecule has 0 unspecified atom stereocenters. The van der Waals surface area contributed by atoms with E-state index in [4.69, 9.17) is 4.42 Å². The van der Waals surface area contributed by atoms with Crippen LogP contribution in [0.4, 0.5) is 17.1 Å². The van der Waals surface area contributed by atoms with Crippen molar-refractivity contribution in [2.75, 3.05) is 4.90 Å². The molecule has 1 aromatic heterocycles. The molecule has 7 aromatic carbocycles. The summed E-state index contributed by atoms with van der Waals surface area (Å²) in [7, 11) is 0. The molecule has 0 radical (unpaired) electrons. The van der Waals surface area contributed by atoms with Crippen LogP contribution in [-0.4, -0.2) is 0 Å². The highest BCUT2D eigenvalue weighted by Gasteiger charge is 2.42. The largest absolute Gasteiger partial charge is 0.456 e. The first-order valence-corrected chi connectivity index (χ1v) is 16.3. The quantitative estimate of drug-likeness (QED) is 0.195. The molecule has 2 nitrogen and oxygen atoms in total. The van der Waals surface area contributed by atoms with Crippen molar-refractivity contribution in [3.05, 3.63) is 175 Å². The highest BCUT2D eigenvalue weighted by molar-refractivity contribution is 6.00. The fraction of sp³-hybridized carbons (Fsp3) is 0.0667. The molecule has 224 valence electrons. The van der Waals surface area contributed by atoms with Crippen molar-refractivity contribution < 1.29 is 4.42 Å². The Morgan fingerprint density at radius 1 is 0.468 bits per heavy atom. The summed E-state index contributed by atoms with van der Waals surface area (Å²) in [5.41, 5.74) is 12.7. The van der Waals surface area contributed by atoms with Crippen LogP contribution in [0.15, 0.2) is 168 Å². The van der Waals surface area contributed by atoms with Crippen molar-refractivity contribution in [3.63, 3.8) is 0 Å². The molecule has 0 saturated heterocycles. The van der Waals surface area contributed by atoms with E-state index in [0.717, 1.165) is 28.4 Å². The molecule has 0 saturated carbocycles. The lowest BCUT2D eigenvalue weighted by Gasteiger charge is -2.28. The molecule has 1 aliphatic carbocycles. The third-order valence-electron chi connectivity index (χ3n) is 9.81. The number of para-hydroxylation sites is 1. The van der Waals surface area contributed by atoms with E-state index in [1.807, 2.05) is 6.07 Å². The van der Waals surface area contributed by atoms with Crippen LogP contribution in [0.3, 0.4) is 0 Å². The van der Waals surface area contributed by atoms with E-state index >= 15 is 0 Å². The summed E-state index contributed by atoms with van der Waals surface area (Å²) in [5.74, 6) is 1.00. The lowest BCUT2D eigenvalue weighted by molar-refractivity contribution is 0.619. The first-order valence-electron chi connectivity index (χ1n) is 16.3. The number of hydrogen-bond donors (Lipinski definition) is 0. The summed E-state index contributed by atoms with van der Waals surface area (Å²) in [6.07, 6.45) is 0. The van der Waals surface area contributed by atoms with Crippen LogP contribution < -0.4 is 4.90 Å². The summed E-state index contributed by atoms with van der Waals surface area (Å²) in [6.45, 7) is 4.67. The van der Waals surface area contributed by atoms with E-state index < -0.39 is 0 Å². The summed E-state index contributed by atoms with van der Waals surface area (Å²) < 4.78 is 6.52. The van der Waals surface area contributed by atoms with Crippen LogP contribution in [0, 0.1) is 0 Å². The highest BCUT2D eigenvalue weighted by Crippen LogP contribution is 2.55. The number of benzene rings is 7. The number of rotatable bonds is 5. The second-order valence-corrected chi connectivity index (χ2v) is 13.0. The van der Waals surface area contributed by atoms with Crippen molar-refractivity contribution in [1.29, 1.82) is 0 Å². The van der Waals surface area contributed by atoms with Gasteiger partial charge < -0.3 is 9.32 Å². The van der Waals surface area contributed by atoms with Gasteiger partial charge in [0.25, 0.3) is 0 Å². The van der Waals surface area contributed by atoms with Gasteiger partial charge in [-0.1, -0.05) is 141 Å². The number of fused-ring (bicyclic) bond motifs is 6. The molecule has 0 atom stereocenters. The Hall–Kier alpha value is -5.86. The second-order valence-electron chi connectivity index (χ2n) is 13.0. The summed E-state index contributed by atoms with van der Waals surface area (Å²) in [5, 5.41) is 3.63. The van der Waals surface area contributed by atoms with E-state index in [1.54, 1.807) is 0 Å². The van der Waals surface area contributed by atoms with Gasteiger partial charge in [0.05, 0.1) is 5.69 Å². The van der Waals surface area contributed by atoms with Gasteiger partial charge >= 0.3 is 0 Å². The predicted octanol–water partition coefficient (Wildman–Crippen LogP) is 12.7. The zero-order valence-electron chi connectivity index (χ0n) is 26.4. The maximum atomic E-state index is 6.52. The summed E-state index contributed by atoms with van der Waals surface area (Å²) in [6, 6.07) is 58.8. The number of nitrogens with zero attached hydrogens (tertiary/aromatic N) is 1. The van der Waals surface area contributed by atoms with E-state index in [2.05, 4.69) is 176 Å². The molecule has 47 heavy (non-hydrogen) atoms. The van der Waals surface area contributed by atoms with Crippen LogP contribution in [0.5, 0.6) is 0 Å². The highest BCUT2D eigenvalue weighted by atomic mass is 16.3. The molecule has 0 spiro atoms. The standard InChI is InChI=1S/C45H33NO/c1-45(2)42-37(21-12-22-39(42)44-43(45)38-20-8-9-24-41(38)47-44)33-17-10-18-35(29-33)46(40-23-11-16-32-15-6-7-19-36(32)40)34-27-25-31(26-28-34)30-13-4-3-5-14-30/h3-29H,1-2H3. The Bertz CT molecular complexity index is 2430. The minimum absolute atomic E-state index is 0.216. The van der Waals surface area contributed by atoms with Gasteiger partial charge in [-0.15, -0.1) is 0 Å². The molecule has 0 bridgehead atoms. The Balaban J connectivity index is 1.21. The molecular formula is C45H33NO. The maximum Gasteiger partial charge on any atom is 0.139 e. The van der Waals surface area contributed by atoms with Crippen molar-refractivity contribution in [3.8, 4) is 33.6 Å². The first kappa shape index (κ1) is 27.5. The van der Waals surface area contributed by atoms with E-state index in [0.29, 0.717) is 0 Å². The molecule has 8 aromatic rings. The molecule has 1 aliphatic rings. The van der Waals surface area contributed by atoms with Gasteiger partial charge in [-0.05, 0) is 69.6 Å². The van der Waals surface area contributed by atoms with Crippen molar-refractivity contribution in [1.82, 2.24) is 0 Å². The van der Waals surface area contributed by atoms with Crippen molar-refractivity contribution in [2.24, 2.45) is 0 Å². The molecule has 0 N–H and O–H groups in total. The Morgan fingerprint density at radius 3 is 1.96 bits per heavy atom. The van der Waals surface area contributed by atoms with Gasteiger partial charge in [-0.25, -0.2) is 0 Å². The second kappa shape index (κ2) is 10.6. The van der Waals surface area contributed by atoms with Gasteiger partial charge in [-0.3, -0.25) is 0 Å². The number of anilines is 3. The smallest absolute Gasteiger partial charge is 0.139 e. The van der Waals surface area contributed by atoms with Gasteiger partial charge in [-0.2, -0.15) is 0 Å². The van der Waals surface area contributed by atoms with Crippen LogP contribution >= 0.6 is 0 Å². The third-order valence-corrected chi connectivity index (χ3v) is 9.81. The van der Waals surface area contributed by atoms with Gasteiger partial charge in [0, 0.05) is 38.7 Å². The lowest BCUT2D eigenvalue weighted by atomic mass is 9.78. The van der Waals surface area contributed by atoms with E-state index in [-0.39, 0.29) is 5.41 Å². The SMILES string of the molecule is CC1(C)c2c(-c3cccc(N(c4ccc(-c5ccccc5)cc4)c4cccc5ccccc45)c3)cccc2-c2oc3ccccc3c21. The zero-order valence-corrected chi connectivity index (χ0v) is 26.4. The predicted molar refractivity (Wildman–Crippen MR) is 197 cm³/mol. The average Bonchev–Trinajstić information content (AvgIpc) is 3.63. The van der Waals surface area contributed by atoms with E-state index in [1.165, 1.54) is 55.1 Å². The van der Waals surface area contributed by atoms with Crippen LogP contribution in [-0.2, 0) is 5.41 Å². The minimum Gasteiger partial charge on any atom is -0.456 e. The number of furan rings is 1. The topological polar surface area (TPSA) is 16.4 Å². The third kappa shape index (κ3) is 4.33. The lowest BCUT2D eigenvalue weighted by Crippen LogP contribution is -2.16. The molecule has 2 heteroatoms. The molecule has 0 fully saturated rings. The Morgan fingerprint density at radius 2 is 1.11 bits per heavy atom. The Labute approximate surface area is 275 Å². The summed E-state index contributed by atoms with van der Waals surface area (Å²) >= 11 is 0. The maximum absolute atomic E-state index is 6.52. The fourth-order valence-corrected chi connectivity index (χ4v) is 7.71.